The van der Waals surface area contributed by atoms with E-state index in [4.69, 9.17) is 16.3 Å². The van der Waals surface area contributed by atoms with Gasteiger partial charge in [0.1, 0.15) is 5.02 Å². The third-order valence-corrected chi connectivity index (χ3v) is 5.33. The molecule has 0 amide bonds. The van der Waals surface area contributed by atoms with Crippen molar-refractivity contribution in [1.82, 2.24) is 9.78 Å². The Bertz CT molecular complexity index is 836. The average Bonchev–Trinajstić information content (AvgIpc) is 2.62. The van der Waals surface area contributed by atoms with Crippen LogP contribution in [-0.2, 0) is 4.74 Å². The number of para-hydroxylation sites is 1. The first-order chi connectivity index (χ1) is 11.8. The number of hydrogen-bond acceptors (Lipinski definition) is 6. The molecule has 1 aromatic carbocycles. The summed E-state index contributed by atoms with van der Waals surface area (Å²) in [6.45, 7) is 4.79. The Labute approximate surface area is 155 Å². The SMILES string of the molecule is COC(=O)c1ccccc1-n1ncc(NCC(C)(C)SC)c(Cl)c1=O. The lowest BCUT2D eigenvalue weighted by atomic mass is 10.2. The van der Waals surface area contributed by atoms with Gasteiger partial charge in [0.15, 0.2) is 0 Å². The van der Waals surface area contributed by atoms with E-state index in [1.54, 1.807) is 36.0 Å². The highest BCUT2D eigenvalue weighted by atomic mass is 35.5. The minimum absolute atomic E-state index is 0.0182. The summed E-state index contributed by atoms with van der Waals surface area (Å²) in [4.78, 5) is 24.5. The molecule has 2 aromatic rings. The summed E-state index contributed by atoms with van der Waals surface area (Å²) in [6.07, 6.45) is 3.50. The van der Waals surface area contributed by atoms with Gasteiger partial charge < -0.3 is 10.1 Å². The fourth-order valence-electron chi connectivity index (χ4n) is 2.05. The maximum atomic E-state index is 12.6. The molecule has 0 fully saturated rings. The zero-order valence-corrected chi connectivity index (χ0v) is 16.1. The Balaban J connectivity index is 2.42. The number of anilines is 1. The van der Waals surface area contributed by atoms with Gasteiger partial charge in [-0.3, -0.25) is 4.79 Å². The summed E-state index contributed by atoms with van der Waals surface area (Å²) in [5, 5.41) is 7.33. The van der Waals surface area contributed by atoms with Crippen LogP contribution in [0.1, 0.15) is 24.2 Å². The van der Waals surface area contributed by atoms with Crippen molar-refractivity contribution in [1.29, 1.82) is 0 Å². The number of methoxy groups -OCH3 is 1. The molecule has 0 radical (unpaired) electrons. The van der Waals surface area contributed by atoms with Crippen LogP contribution in [0, 0.1) is 0 Å². The molecular weight excluding hydrogens is 362 g/mol. The number of ether oxygens (including phenoxy) is 1. The van der Waals surface area contributed by atoms with E-state index in [0.717, 1.165) is 4.68 Å². The summed E-state index contributed by atoms with van der Waals surface area (Å²) >= 11 is 7.93. The van der Waals surface area contributed by atoms with Crippen molar-refractivity contribution in [3.05, 3.63) is 51.4 Å². The van der Waals surface area contributed by atoms with E-state index in [1.807, 2.05) is 6.26 Å². The molecule has 0 saturated carbocycles. The zero-order chi connectivity index (χ0) is 18.6. The molecule has 0 unspecified atom stereocenters. The van der Waals surface area contributed by atoms with E-state index >= 15 is 0 Å². The molecule has 0 aliphatic heterocycles. The van der Waals surface area contributed by atoms with Crippen molar-refractivity contribution < 1.29 is 9.53 Å². The molecular formula is C17H20ClN3O3S. The number of hydrogen-bond donors (Lipinski definition) is 1. The number of rotatable bonds is 6. The van der Waals surface area contributed by atoms with Gasteiger partial charge in [0, 0.05) is 11.3 Å². The van der Waals surface area contributed by atoms with Gasteiger partial charge >= 0.3 is 5.97 Å². The van der Waals surface area contributed by atoms with Crippen molar-refractivity contribution in [3.63, 3.8) is 0 Å². The lowest BCUT2D eigenvalue weighted by Crippen LogP contribution is -2.28. The van der Waals surface area contributed by atoms with Crippen LogP contribution in [-0.4, -0.2) is 40.4 Å². The van der Waals surface area contributed by atoms with Gasteiger partial charge in [-0.1, -0.05) is 23.7 Å². The largest absolute Gasteiger partial charge is 0.465 e. The van der Waals surface area contributed by atoms with E-state index in [-0.39, 0.29) is 15.3 Å². The van der Waals surface area contributed by atoms with Gasteiger partial charge in [0.2, 0.25) is 0 Å². The summed E-state index contributed by atoms with van der Waals surface area (Å²) in [5.74, 6) is -0.552. The second-order valence-corrected chi connectivity index (χ2v) is 7.81. The predicted octanol–water partition coefficient (Wildman–Crippen LogP) is 3.23. The highest BCUT2D eigenvalue weighted by Crippen LogP contribution is 2.24. The van der Waals surface area contributed by atoms with Crippen LogP contribution in [0.25, 0.3) is 5.69 Å². The van der Waals surface area contributed by atoms with E-state index in [1.165, 1.54) is 13.3 Å². The predicted molar refractivity (Wildman–Crippen MR) is 102 cm³/mol. The van der Waals surface area contributed by atoms with Gasteiger partial charge in [0.25, 0.3) is 5.56 Å². The van der Waals surface area contributed by atoms with Gasteiger partial charge in [-0.25, -0.2) is 4.79 Å². The minimum atomic E-state index is -0.552. The summed E-state index contributed by atoms with van der Waals surface area (Å²) in [5.41, 5.74) is 0.503. The zero-order valence-electron chi connectivity index (χ0n) is 14.5. The van der Waals surface area contributed by atoms with E-state index in [2.05, 4.69) is 24.3 Å². The normalized spacial score (nSPS) is 11.2. The van der Waals surface area contributed by atoms with Gasteiger partial charge in [0.05, 0.1) is 30.2 Å². The first kappa shape index (κ1) is 19.3. The Morgan fingerprint density at radius 1 is 1.40 bits per heavy atom. The lowest BCUT2D eigenvalue weighted by molar-refractivity contribution is 0.0600. The number of nitrogens with one attached hydrogen (secondary N) is 1. The van der Waals surface area contributed by atoms with Gasteiger partial charge in [-0.15, -0.1) is 0 Å². The number of esters is 1. The van der Waals surface area contributed by atoms with Crippen LogP contribution >= 0.6 is 23.4 Å². The van der Waals surface area contributed by atoms with Crippen molar-refractivity contribution >= 4 is 35.0 Å². The minimum Gasteiger partial charge on any atom is -0.465 e. The average molecular weight is 382 g/mol. The molecule has 8 heteroatoms. The molecule has 2 rings (SSSR count). The smallest absolute Gasteiger partial charge is 0.340 e. The van der Waals surface area contributed by atoms with Crippen LogP contribution in [0.5, 0.6) is 0 Å². The number of benzene rings is 1. The molecule has 0 bridgehead atoms. The fourth-order valence-corrected chi connectivity index (χ4v) is 2.46. The summed E-state index contributed by atoms with van der Waals surface area (Å²) in [7, 11) is 1.28. The van der Waals surface area contributed by atoms with Crippen molar-refractivity contribution in [3.8, 4) is 5.69 Å². The fraction of sp³-hybridized carbons (Fsp3) is 0.353. The monoisotopic (exact) mass is 381 g/mol. The van der Waals surface area contributed by atoms with Crippen LogP contribution in [0.4, 0.5) is 5.69 Å². The van der Waals surface area contributed by atoms with Crippen LogP contribution in [0.15, 0.2) is 35.3 Å². The van der Waals surface area contributed by atoms with Crippen molar-refractivity contribution in [2.75, 3.05) is 25.2 Å². The first-order valence-corrected chi connectivity index (χ1v) is 9.15. The Kier molecular flexibility index (Phi) is 6.13. The van der Waals surface area contributed by atoms with E-state index in [9.17, 15) is 9.59 Å². The molecule has 1 N–H and O–H groups in total. The maximum absolute atomic E-state index is 12.6. The standard InChI is InChI=1S/C17H20ClN3O3S/c1-17(2,25-4)10-19-12-9-20-21(15(22)14(12)18)13-8-6-5-7-11(13)16(23)24-3/h5-9,19H,10H2,1-4H3. The molecule has 0 aliphatic carbocycles. The van der Waals surface area contributed by atoms with Crippen LogP contribution in [0.2, 0.25) is 5.02 Å². The number of carbonyl (C=O) groups excluding carboxylic acids is 1. The number of halogens is 1. The number of thioether (sulfide) groups is 1. The van der Waals surface area contributed by atoms with Gasteiger partial charge in [-0.05, 0) is 32.2 Å². The van der Waals surface area contributed by atoms with Crippen LogP contribution in [0.3, 0.4) is 0 Å². The van der Waals surface area contributed by atoms with Crippen molar-refractivity contribution in [2.45, 2.75) is 18.6 Å². The lowest BCUT2D eigenvalue weighted by Gasteiger charge is -2.23. The topological polar surface area (TPSA) is 73.2 Å². The number of nitrogens with zero attached hydrogens (tertiary/aromatic N) is 2. The summed E-state index contributed by atoms with van der Waals surface area (Å²) < 4.78 is 5.83. The summed E-state index contributed by atoms with van der Waals surface area (Å²) in [6, 6.07) is 6.57. The molecule has 25 heavy (non-hydrogen) atoms. The molecule has 1 heterocycles. The van der Waals surface area contributed by atoms with E-state index in [0.29, 0.717) is 17.9 Å². The number of aromatic nitrogens is 2. The van der Waals surface area contributed by atoms with Crippen LogP contribution < -0.4 is 10.9 Å². The molecule has 0 spiro atoms. The maximum Gasteiger partial charge on any atom is 0.340 e. The molecule has 0 aliphatic rings. The molecule has 134 valence electrons. The molecule has 1 aromatic heterocycles. The third-order valence-electron chi connectivity index (χ3n) is 3.71. The highest BCUT2D eigenvalue weighted by molar-refractivity contribution is 7.99. The first-order valence-electron chi connectivity index (χ1n) is 7.55. The third kappa shape index (κ3) is 4.35. The second kappa shape index (κ2) is 7.93. The van der Waals surface area contributed by atoms with E-state index < -0.39 is 11.5 Å². The van der Waals surface area contributed by atoms with Gasteiger partial charge in [-0.2, -0.15) is 21.5 Å². The Morgan fingerprint density at radius 3 is 2.72 bits per heavy atom. The quantitative estimate of drug-likeness (QED) is 0.774. The Morgan fingerprint density at radius 2 is 2.08 bits per heavy atom. The molecule has 0 saturated heterocycles. The van der Waals surface area contributed by atoms with Crippen molar-refractivity contribution in [2.24, 2.45) is 0 Å². The highest BCUT2D eigenvalue weighted by Gasteiger charge is 2.19. The molecule has 6 nitrogen and oxygen atoms in total. The second-order valence-electron chi connectivity index (χ2n) is 5.92. The number of carbonyl (C=O) groups is 1. The molecule has 0 atom stereocenters. The Hall–Kier alpha value is -1.99.